The van der Waals surface area contributed by atoms with E-state index in [1.54, 1.807) is 7.11 Å². The van der Waals surface area contributed by atoms with Crippen molar-refractivity contribution < 1.29 is 27.4 Å². The number of fused-ring (bicyclic) bond motifs is 1. The van der Waals surface area contributed by atoms with E-state index in [-0.39, 0.29) is 0 Å². The van der Waals surface area contributed by atoms with Gasteiger partial charge in [-0.1, -0.05) is 0 Å². The monoisotopic (exact) mass is 558 g/mol. The topological polar surface area (TPSA) is 83.1 Å². The molecule has 2 fully saturated rings. The Bertz CT molecular complexity index is 1290. The first-order valence-electron chi connectivity index (χ1n) is 13.4. The maximum atomic E-state index is 12.9. The Labute approximate surface area is 230 Å². The van der Waals surface area contributed by atoms with Crippen molar-refractivity contribution >= 4 is 28.8 Å². The molecule has 3 heterocycles. The highest BCUT2D eigenvalue weighted by atomic mass is 19.4. The van der Waals surface area contributed by atoms with E-state index in [2.05, 4.69) is 20.2 Å². The summed E-state index contributed by atoms with van der Waals surface area (Å²) in [5.74, 6) is 2.72. The van der Waals surface area contributed by atoms with Crippen molar-refractivity contribution in [1.29, 1.82) is 0 Å². The standard InChI is InChI=1S/C28H33F3N6O3/c1-39-25-15-23-24(16-26(25)40-14-2-3-20-8-9-32-17-20)33-18-34-27(23)35-10-12-36(13-11-35)37(19-38)22-6-4-21(5-7-22)28(29,30)31/h4-7,15-16,18-20,32H,2-3,8-14,17H2,1H3. The molecule has 1 aromatic heterocycles. The number of hydrogen-bond donors (Lipinski definition) is 1. The molecule has 2 saturated heterocycles. The molecule has 1 N–H and O–H groups in total. The first kappa shape index (κ1) is 27.9. The molecule has 0 spiro atoms. The lowest BCUT2D eigenvalue weighted by Gasteiger charge is -2.40. The summed E-state index contributed by atoms with van der Waals surface area (Å²) < 4.78 is 50.5. The molecule has 2 aliphatic rings. The third-order valence-electron chi connectivity index (χ3n) is 7.50. The second-order valence-electron chi connectivity index (χ2n) is 10.0. The number of rotatable bonds is 10. The number of ether oxygens (including phenoxy) is 2. The number of benzene rings is 2. The number of anilines is 2. The van der Waals surface area contributed by atoms with E-state index < -0.39 is 11.7 Å². The molecule has 1 unspecified atom stereocenters. The van der Waals surface area contributed by atoms with Crippen LogP contribution in [-0.2, 0) is 11.0 Å². The Morgan fingerprint density at radius 2 is 1.88 bits per heavy atom. The third kappa shape index (κ3) is 6.23. The van der Waals surface area contributed by atoms with Crippen LogP contribution in [0.1, 0.15) is 24.8 Å². The van der Waals surface area contributed by atoms with Crippen molar-refractivity contribution in [2.45, 2.75) is 25.4 Å². The van der Waals surface area contributed by atoms with Crippen LogP contribution in [-0.4, -0.2) is 74.4 Å². The minimum Gasteiger partial charge on any atom is -0.493 e. The lowest BCUT2D eigenvalue weighted by Crippen LogP contribution is -2.54. The van der Waals surface area contributed by atoms with Crippen LogP contribution < -0.4 is 24.7 Å². The molecule has 0 bridgehead atoms. The van der Waals surface area contributed by atoms with E-state index in [0.717, 1.165) is 54.8 Å². The number of nitrogens with zero attached hydrogens (tertiary/aromatic N) is 5. The Balaban J connectivity index is 1.25. The second-order valence-corrected chi connectivity index (χ2v) is 10.0. The molecule has 1 atom stereocenters. The van der Waals surface area contributed by atoms with Crippen LogP contribution in [0, 0.1) is 5.92 Å². The van der Waals surface area contributed by atoms with E-state index in [1.807, 2.05) is 17.1 Å². The fourth-order valence-electron chi connectivity index (χ4n) is 5.31. The predicted octanol–water partition coefficient (Wildman–Crippen LogP) is 4.13. The van der Waals surface area contributed by atoms with Gasteiger partial charge >= 0.3 is 6.18 Å². The van der Waals surface area contributed by atoms with Crippen molar-refractivity contribution in [3.8, 4) is 11.5 Å². The van der Waals surface area contributed by atoms with E-state index in [0.29, 0.717) is 62.3 Å². The van der Waals surface area contributed by atoms with Crippen LogP contribution in [0.2, 0.25) is 0 Å². The number of piperazine rings is 1. The Morgan fingerprint density at radius 1 is 1.10 bits per heavy atom. The summed E-state index contributed by atoms with van der Waals surface area (Å²) in [7, 11) is 1.61. The summed E-state index contributed by atoms with van der Waals surface area (Å²) in [6.07, 6.45) is 1.02. The average molecular weight is 559 g/mol. The van der Waals surface area contributed by atoms with Crippen molar-refractivity contribution in [3.63, 3.8) is 0 Å². The number of nitrogens with one attached hydrogen (secondary N) is 1. The molecule has 9 nitrogen and oxygen atoms in total. The number of amides is 1. The van der Waals surface area contributed by atoms with Gasteiger partial charge in [0.25, 0.3) is 0 Å². The Kier molecular flexibility index (Phi) is 8.55. The first-order chi connectivity index (χ1) is 19.4. The predicted molar refractivity (Wildman–Crippen MR) is 146 cm³/mol. The van der Waals surface area contributed by atoms with Crippen LogP contribution in [0.4, 0.5) is 24.7 Å². The van der Waals surface area contributed by atoms with E-state index in [1.165, 1.54) is 29.9 Å². The van der Waals surface area contributed by atoms with Crippen molar-refractivity contribution in [2.24, 2.45) is 5.92 Å². The molecule has 214 valence electrons. The highest BCUT2D eigenvalue weighted by Crippen LogP contribution is 2.36. The van der Waals surface area contributed by atoms with Gasteiger partial charge < -0.3 is 19.7 Å². The van der Waals surface area contributed by atoms with E-state index >= 15 is 0 Å². The fourth-order valence-corrected chi connectivity index (χ4v) is 5.31. The van der Waals surface area contributed by atoms with Crippen LogP contribution in [0.3, 0.4) is 0 Å². The number of hydrogen-bond acceptors (Lipinski definition) is 8. The smallest absolute Gasteiger partial charge is 0.416 e. The summed E-state index contributed by atoms with van der Waals surface area (Å²) in [5.41, 5.74) is 0.358. The van der Waals surface area contributed by atoms with Gasteiger partial charge in [0, 0.05) is 37.6 Å². The molecule has 0 saturated carbocycles. The molecular weight excluding hydrogens is 525 g/mol. The van der Waals surface area contributed by atoms with Gasteiger partial charge in [-0.3, -0.25) is 4.79 Å². The second kappa shape index (κ2) is 12.3. The lowest BCUT2D eigenvalue weighted by atomic mass is 10.0. The molecule has 5 rings (SSSR count). The minimum atomic E-state index is -4.43. The van der Waals surface area contributed by atoms with Gasteiger partial charge in [-0.15, -0.1) is 0 Å². The lowest BCUT2D eigenvalue weighted by molar-refractivity contribution is -0.137. The SMILES string of the molecule is COc1cc2c(N3CCN(N(C=O)c4ccc(C(F)(F)F)cc4)CC3)ncnc2cc1OCCCC1CCNC1. The van der Waals surface area contributed by atoms with Crippen LogP contribution >= 0.6 is 0 Å². The molecule has 0 aliphatic carbocycles. The average Bonchev–Trinajstić information content (AvgIpc) is 3.49. The zero-order chi connectivity index (χ0) is 28.1. The summed E-state index contributed by atoms with van der Waals surface area (Å²) in [6, 6.07) is 8.35. The van der Waals surface area contributed by atoms with Crippen molar-refractivity contribution in [2.75, 3.05) is 62.9 Å². The zero-order valence-corrected chi connectivity index (χ0v) is 22.4. The van der Waals surface area contributed by atoms with Gasteiger partial charge in [0.05, 0.1) is 30.5 Å². The molecular formula is C28H33F3N6O3. The number of alkyl halides is 3. The molecule has 12 heteroatoms. The Hall–Kier alpha value is -3.64. The zero-order valence-electron chi connectivity index (χ0n) is 22.4. The van der Waals surface area contributed by atoms with Crippen LogP contribution in [0.25, 0.3) is 10.9 Å². The van der Waals surface area contributed by atoms with Crippen molar-refractivity contribution in [3.05, 3.63) is 48.3 Å². The Morgan fingerprint density at radius 3 is 2.52 bits per heavy atom. The maximum Gasteiger partial charge on any atom is 0.416 e. The van der Waals surface area contributed by atoms with Crippen LogP contribution in [0.5, 0.6) is 11.5 Å². The largest absolute Gasteiger partial charge is 0.493 e. The van der Waals surface area contributed by atoms with Gasteiger partial charge in [0.1, 0.15) is 12.1 Å². The quantitative estimate of drug-likeness (QED) is 0.294. The number of carbonyl (C=O) groups is 1. The molecule has 0 radical (unpaired) electrons. The third-order valence-corrected chi connectivity index (χ3v) is 7.50. The number of halogens is 3. The highest BCUT2D eigenvalue weighted by molar-refractivity contribution is 5.92. The summed E-state index contributed by atoms with van der Waals surface area (Å²) in [6.45, 7) is 4.82. The fraction of sp³-hybridized carbons (Fsp3) is 0.464. The highest BCUT2D eigenvalue weighted by Gasteiger charge is 2.31. The number of aromatic nitrogens is 2. The summed E-state index contributed by atoms with van der Waals surface area (Å²) >= 11 is 0. The van der Waals surface area contributed by atoms with E-state index in [9.17, 15) is 18.0 Å². The summed E-state index contributed by atoms with van der Waals surface area (Å²) in [5, 5.41) is 7.38. The van der Waals surface area contributed by atoms with Gasteiger partial charge in [-0.2, -0.15) is 13.2 Å². The molecule has 40 heavy (non-hydrogen) atoms. The maximum absolute atomic E-state index is 12.9. The summed E-state index contributed by atoms with van der Waals surface area (Å²) in [4.78, 5) is 23.0. The number of carbonyl (C=O) groups excluding carboxylic acids is 1. The van der Waals surface area contributed by atoms with Gasteiger partial charge in [0.2, 0.25) is 6.41 Å². The van der Waals surface area contributed by atoms with Gasteiger partial charge in [-0.25, -0.2) is 20.0 Å². The normalized spacial score (nSPS) is 18.2. The molecule has 1 amide bonds. The van der Waals surface area contributed by atoms with Crippen molar-refractivity contribution in [1.82, 2.24) is 20.3 Å². The molecule has 2 aliphatic heterocycles. The van der Waals surface area contributed by atoms with E-state index in [4.69, 9.17) is 9.47 Å². The molecule has 3 aromatic rings. The number of hydrazine groups is 1. The van der Waals surface area contributed by atoms with Crippen LogP contribution in [0.15, 0.2) is 42.7 Å². The minimum absolute atomic E-state index is 0.376. The number of methoxy groups -OCH3 is 1. The first-order valence-corrected chi connectivity index (χ1v) is 13.4. The van der Waals surface area contributed by atoms with Gasteiger partial charge in [0.15, 0.2) is 11.5 Å². The molecule has 2 aromatic carbocycles. The van der Waals surface area contributed by atoms with Gasteiger partial charge in [-0.05, 0) is 68.6 Å².